The number of fused-ring (bicyclic) bond motifs is 1. The van der Waals surface area contributed by atoms with Crippen molar-refractivity contribution >= 4 is 28.4 Å². The summed E-state index contributed by atoms with van der Waals surface area (Å²) in [6.07, 6.45) is 1.96. The molecule has 31 heavy (non-hydrogen) atoms. The molecule has 1 aromatic heterocycles. The van der Waals surface area contributed by atoms with Crippen LogP contribution in [0.1, 0.15) is 48.3 Å². The summed E-state index contributed by atoms with van der Waals surface area (Å²) in [7, 11) is 0. The molecule has 6 nitrogen and oxygen atoms in total. The fourth-order valence-corrected chi connectivity index (χ4v) is 4.24. The minimum Gasteiger partial charge on any atom is -0.373 e. The van der Waals surface area contributed by atoms with Crippen LogP contribution in [0.2, 0.25) is 0 Å². The Morgan fingerprint density at radius 1 is 1.16 bits per heavy atom. The molecule has 0 aliphatic carbocycles. The predicted molar refractivity (Wildman–Crippen MR) is 122 cm³/mol. The molecule has 0 spiro atoms. The first-order chi connectivity index (χ1) is 14.8. The Bertz CT molecular complexity index is 1130. The number of hydrogen-bond acceptors (Lipinski definition) is 3. The molecule has 2 aromatic carbocycles. The van der Waals surface area contributed by atoms with Crippen LogP contribution in [0.15, 0.2) is 48.5 Å². The van der Waals surface area contributed by atoms with Gasteiger partial charge < -0.3 is 19.9 Å². The highest BCUT2D eigenvalue weighted by Crippen LogP contribution is 2.27. The molecule has 0 saturated carbocycles. The Morgan fingerprint density at radius 3 is 2.71 bits per heavy atom. The van der Waals surface area contributed by atoms with Crippen LogP contribution < -0.4 is 10.6 Å². The summed E-state index contributed by atoms with van der Waals surface area (Å²) in [5.74, 6) is -0.247. The van der Waals surface area contributed by atoms with Crippen LogP contribution in [0, 0.1) is 6.92 Å². The number of carbonyl (C=O) groups is 2. The van der Waals surface area contributed by atoms with Gasteiger partial charge in [-0.15, -0.1) is 0 Å². The number of hydrogen-bond donors (Lipinski definition) is 2. The second-order valence-electron chi connectivity index (χ2n) is 8.64. The summed E-state index contributed by atoms with van der Waals surface area (Å²) in [5.41, 5.74) is 4.26. The van der Waals surface area contributed by atoms with Gasteiger partial charge in [0.2, 0.25) is 5.91 Å². The van der Waals surface area contributed by atoms with E-state index in [-0.39, 0.29) is 17.4 Å². The highest BCUT2D eigenvalue weighted by Gasteiger charge is 2.30. The Kier molecular flexibility index (Phi) is 5.83. The first kappa shape index (κ1) is 21.1. The minimum absolute atomic E-state index is 0.123. The second kappa shape index (κ2) is 8.55. The van der Waals surface area contributed by atoms with Crippen LogP contribution in [-0.4, -0.2) is 35.1 Å². The Labute approximate surface area is 182 Å². The van der Waals surface area contributed by atoms with E-state index in [1.165, 1.54) is 12.5 Å². The average molecular weight is 420 g/mol. The van der Waals surface area contributed by atoms with Crippen LogP contribution in [0.3, 0.4) is 0 Å². The van der Waals surface area contributed by atoms with E-state index in [0.29, 0.717) is 24.5 Å². The summed E-state index contributed by atoms with van der Waals surface area (Å²) in [6, 6.07) is 15.9. The van der Waals surface area contributed by atoms with Crippen molar-refractivity contribution in [2.45, 2.75) is 45.8 Å². The number of rotatable bonds is 6. The number of ether oxygens (including phenoxy) is 1. The molecule has 1 atom stereocenters. The SMILES string of the molecule is CC(=O)Nc1ccc2c(c1)cc(C(=O)NCC1(C)CCCO1)n2Cc1cccc(C)c1. The van der Waals surface area contributed by atoms with Gasteiger partial charge in [0.05, 0.1) is 5.60 Å². The second-order valence-corrected chi connectivity index (χ2v) is 8.64. The number of anilines is 1. The lowest BCUT2D eigenvalue weighted by atomic mass is 10.0. The van der Waals surface area contributed by atoms with Crippen LogP contribution >= 0.6 is 0 Å². The number of nitrogens with one attached hydrogen (secondary N) is 2. The van der Waals surface area contributed by atoms with Crippen molar-refractivity contribution in [2.75, 3.05) is 18.5 Å². The molecule has 162 valence electrons. The zero-order valence-corrected chi connectivity index (χ0v) is 18.3. The van der Waals surface area contributed by atoms with Crippen molar-refractivity contribution in [3.63, 3.8) is 0 Å². The van der Waals surface area contributed by atoms with E-state index in [1.807, 2.05) is 41.8 Å². The molecule has 0 radical (unpaired) electrons. The van der Waals surface area contributed by atoms with Crippen LogP contribution in [0.25, 0.3) is 10.9 Å². The summed E-state index contributed by atoms with van der Waals surface area (Å²) in [6.45, 7) is 7.40. The number of amides is 2. The third-order valence-electron chi connectivity index (χ3n) is 5.80. The van der Waals surface area contributed by atoms with Gasteiger partial charge in [-0.05, 0) is 56.5 Å². The molecule has 3 aromatic rings. The minimum atomic E-state index is -0.304. The van der Waals surface area contributed by atoms with E-state index in [9.17, 15) is 9.59 Å². The van der Waals surface area contributed by atoms with E-state index in [4.69, 9.17) is 4.74 Å². The largest absolute Gasteiger partial charge is 0.373 e. The van der Waals surface area contributed by atoms with Crippen LogP contribution in [0.5, 0.6) is 0 Å². The molecule has 1 saturated heterocycles. The first-order valence-corrected chi connectivity index (χ1v) is 10.7. The molecule has 1 fully saturated rings. The van der Waals surface area contributed by atoms with Crippen molar-refractivity contribution in [2.24, 2.45) is 0 Å². The monoisotopic (exact) mass is 419 g/mol. The van der Waals surface area contributed by atoms with Crippen LogP contribution in [0.4, 0.5) is 5.69 Å². The fourth-order valence-electron chi connectivity index (χ4n) is 4.24. The van der Waals surface area contributed by atoms with Gasteiger partial charge in [-0.3, -0.25) is 9.59 Å². The normalized spacial score (nSPS) is 18.3. The topological polar surface area (TPSA) is 72.4 Å². The number of nitrogens with zero attached hydrogens (tertiary/aromatic N) is 1. The average Bonchev–Trinajstić information content (AvgIpc) is 3.30. The molecule has 4 rings (SSSR count). The van der Waals surface area contributed by atoms with Crippen LogP contribution in [-0.2, 0) is 16.1 Å². The van der Waals surface area contributed by atoms with E-state index in [2.05, 4.69) is 35.8 Å². The van der Waals surface area contributed by atoms with Gasteiger partial charge in [0.25, 0.3) is 5.91 Å². The van der Waals surface area contributed by atoms with Gasteiger partial charge >= 0.3 is 0 Å². The number of aryl methyl sites for hydroxylation is 1. The molecule has 6 heteroatoms. The molecule has 1 aliphatic rings. The Balaban J connectivity index is 1.68. The summed E-state index contributed by atoms with van der Waals surface area (Å²) in [5, 5.41) is 6.80. The maximum atomic E-state index is 13.2. The van der Waals surface area contributed by atoms with E-state index in [0.717, 1.165) is 35.9 Å². The van der Waals surface area contributed by atoms with Gasteiger partial charge in [0.15, 0.2) is 0 Å². The highest BCUT2D eigenvalue weighted by atomic mass is 16.5. The van der Waals surface area contributed by atoms with Crippen molar-refractivity contribution in [1.29, 1.82) is 0 Å². The lowest BCUT2D eigenvalue weighted by Gasteiger charge is -2.23. The summed E-state index contributed by atoms with van der Waals surface area (Å²) < 4.78 is 7.85. The first-order valence-electron chi connectivity index (χ1n) is 10.7. The predicted octanol–water partition coefficient (Wildman–Crippen LogP) is 4.26. The van der Waals surface area contributed by atoms with Gasteiger partial charge in [0, 0.05) is 43.2 Å². The molecule has 1 unspecified atom stereocenters. The maximum absolute atomic E-state index is 13.2. The number of aromatic nitrogens is 1. The van der Waals surface area contributed by atoms with E-state index >= 15 is 0 Å². The highest BCUT2D eigenvalue weighted by molar-refractivity contribution is 6.00. The Hall–Kier alpha value is -3.12. The van der Waals surface area contributed by atoms with E-state index < -0.39 is 0 Å². The zero-order valence-electron chi connectivity index (χ0n) is 18.3. The molecule has 2 N–H and O–H groups in total. The molecular formula is C25H29N3O3. The number of carbonyl (C=O) groups excluding carboxylic acids is 2. The fraction of sp³-hybridized carbons (Fsp3) is 0.360. The number of benzene rings is 2. The zero-order chi connectivity index (χ0) is 22.0. The quantitative estimate of drug-likeness (QED) is 0.627. The molecular weight excluding hydrogens is 390 g/mol. The standard InChI is InChI=1S/C25H29N3O3/c1-17-6-4-7-19(12-17)15-28-22-9-8-21(27-18(2)29)13-20(22)14-23(28)24(30)26-16-25(3)10-5-11-31-25/h4,6-9,12-14H,5,10-11,15-16H2,1-3H3,(H,26,30)(H,27,29). The molecule has 0 bridgehead atoms. The smallest absolute Gasteiger partial charge is 0.268 e. The molecule has 2 heterocycles. The van der Waals surface area contributed by atoms with Crippen molar-refractivity contribution in [3.8, 4) is 0 Å². The van der Waals surface area contributed by atoms with E-state index in [1.54, 1.807) is 0 Å². The van der Waals surface area contributed by atoms with Gasteiger partial charge in [-0.25, -0.2) is 0 Å². The van der Waals surface area contributed by atoms with Gasteiger partial charge in [-0.2, -0.15) is 0 Å². The molecule has 2 amide bonds. The Morgan fingerprint density at radius 2 is 2.00 bits per heavy atom. The van der Waals surface area contributed by atoms with Crippen molar-refractivity contribution in [1.82, 2.24) is 9.88 Å². The summed E-state index contributed by atoms with van der Waals surface area (Å²) >= 11 is 0. The third kappa shape index (κ3) is 4.80. The van der Waals surface area contributed by atoms with Gasteiger partial charge in [-0.1, -0.05) is 29.8 Å². The lowest BCUT2D eigenvalue weighted by Crippen LogP contribution is -2.40. The van der Waals surface area contributed by atoms with Crippen molar-refractivity contribution in [3.05, 3.63) is 65.4 Å². The van der Waals surface area contributed by atoms with Gasteiger partial charge in [0.1, 0.15) is 5.69 Å². The third-order valence-corrected chi connectivity index (χ3v) is 5.80. The summed E-state index contributed by atoms with van der Waals surface area (Å²) in [4.78, 5) is 24.6. The maximum Gasteiger partial charge on any atom is 0.268 e. The molecule has 1 aliphatic heterocycles. The lowest BCUT2D eigenvalue weighted by molar-refractivity contribution is -0.114. The van der Waals surface area contributed by atoms with Crippen molar-refractivity contribution < 1.29 is 14.3 Å².